The summed E-state index contributed by atoms with van der Waals surface area (Å²) < 4.78 is 20.7. The van der Waals surface area contributed by atoms with Crippen LogP contribution < -0.4 is 4.74 Å². The smallest absolute Gasteiger partial charge is 0.303 e. The fourth-order valence-corrected chi connectivity index (χ4v) is 4.89. The van der Waals surface area contributed by atoms with Gasteiger partial charge >= 0.3 is 5.97 Å². The maximum Gasteiger partial charge on any atom is 0.303 e. The molecule has 1 N–H and O–H groups in total. The molecule has 4 rings (SSSR count). The molecule has 0 unspecified atom stereocenters. The van der Waals surface area contributed by atoms with Crippen molar-refractivity contribution in [2.45, 2.75) is 31.9 Å². The number of aliphatic carboxylic acids is 1. The predicted octanol–water partition coefficient (Wildman–Crippen LogP) is 4.89. The third-order valence-corrected chi connectivity index (χ3v) is 6.74. The number of aromatic nitrogens is 2. The summed E-state index contributed by atoms with van der Waals surface area (Å²) in [6.45, 7) is 2.08. The Balaban J connectivity index is 1.39. The molecule has 0 radical (unpaired) electrons. The summed E-state index contributed by atoms with van der Waals surface area (Å²) in [4.78, 5) is 22.1. The number of fused-ring (bicyclic) bond motifs is 1. The number of hydrogen-bond donors (Lipinski definition) is 1. The predicted molar refractivity (Wildman–Crippen MR) is 133 cm³/mol. The molecule has 0 saturated carbocycles. The summed E-state index contributed by atoms with van der Waals surface area (Å²) in [7, 11) is 1.59. The first-order valence-electron chi connectivity index (χ1n) is 11.9. The van der Waals surface area contributed by atoms with E-state index in [0.717, 1.165) is 29.4 Å². The quantitative estimate of drug-likeness (QED) is 0.468. The Bertz CT molecular complexity index is 1210. The maximum atomic E-state index is 15.4. The standard InChI is InChI=1S/C28H30FN3O3/c1-35-23-5-7-27-25(18-23)24(10-14-31-27)26(29)6-4-21-11-16-32(19-22(21)17-28(33)34)15-2-3-20-8-12-30-13-9-20/h5,7-10,12-14,18,21-22,26H,4,6,11,15-17,19H2,1H3,(H,33,34)/t21-,22+,26-/m1/s1. The monoisotopic (exact) mass is 475 g/mol. The van der Waals surface area contributed by atoms with Gasteiger partial charge in [-0.1, -0.05) is 11.8 Å². The van der Waals surface area contributed by atoms with Crippen LogP contribution in [0.3, 0.4) is 0 Å². The number of hydrogen-bond acceptors (Lipinski definition) is 5. The molecule has 3 atom stereocenters. The molecule has 6 nitrogen and oxygen atoms in total. The highest BCUT2D eigenvalue weighted by atomic mass is 19.1. The molecule has 0 spiro atoms. The largest absolute Gasteiger partial charge is 0.497 e. The van der Waals surface area contributed by atoms with Crippen LogP contribution in [-0.4, -0.2) is 52.7 Å². The van der Waals surface area contributed by atoms with Crippen LogP contribution in [0.1, 0.15) is 43.0 Å². The van der Waals surface area contributed by atoms with E-state index in [-0.39, 0.29) is 18.3 Å². The van der Waals surface area contributed by atoms with Crippen LogP contribution in [0.2, 0.25) is 0 Å². The van der Waals surface area contributed by atoms with E-state index in [4.69, 9.17) is 4.74 Å². The van der Waals surface area contributed by atoms with Crippen molar-refractivity contribution in [1.82, 2.24) is 14.9 Å². The van der Waals surface area contributed by atoms with Crippen LogP contribution in [0.15, 0.2) is 55.0 Å². The summed E-state index contributed by atoms with van der Waals surface area (Å²) in [5.41, 5.74) is 2.25. The fraction of sp³-hybridized carbons (Fsp3) is 0.393. The number of likely N-dealkylation sites (tertiary alicyclic amines) is 1. The molecule has 7 heteroatoms. The number of ether oxygens (including phenoxy) is 1. The van der Waals surface area contributed by atoms with Crippen LogP contribution in [-0.2, 0) is 4.79 Å². The van der Waals surface area contributed by atoms with Gasteiger partial charge in [0.05, 0.1) is 19.2 Å². The molecule has 182 valence electrons. The van der Waals surface area contributed by atoms with E-state index in [1.54, 1.807) is 31.8 Å². The van der Waals surface area contributed by atoms with Gasteiger partial charge in [0, 0.05) is 42.5 Å². The second-order valence-electron chi connectivity index (χ2n) is 9.01. The molecule has 3 heterocycles. The first-order chi connectivity index (χ1) is 17.0. The van der Waals surface area contributed by atoms with Crippen molar-refractivity contribution in [3.63, 3.8) is 0 Å². The van der Waals surface area contributed by atoms with Crippen LogP contribution in [0, 0.1) is 23.7 Å². The van der Waals surface area contributed by atoms with Gasteiger partial charge in [-0.2, -0.15) is 0 Å². The third kappa shape index (κ3) is 6.55. The molecule has 0 aliphatic carbocycles. The SMILES string of the molecule is COc1ccc2nccc([C@H](F)CC[C@@H]3CCN(CC#Cc4ccncc4)C[C@@H]3CC(=O)O)c2c1. The van der Waals surface area contributed by atoms with Gasteiger partial charge in [-0.15, -0.1) is 0 Å². The average Bonchev–Trinajstić information content (AvgIpc) is 2.87. The van der Waals surface area contributed by atoms with E-state index in [9.17, 15) is 9.90 Å². The summed E-state index contributed by atoms with van der Waals surface area (Å²) >= 11 is 0. The number of nitrogens with zero attached hydrogens (tertiary/aromatic N) is 3. The van der Waals surface area contributed by atoms with Crippen LogP contribution in [0.5, 0.6) is 5.75 Å². The van der Waals surface area contributed by atoms with Crippen molar-refractivity contribution in [1.29, 1.82) is 0 Å². The second kappa shape index (κ2) is 11.8. The van der Waals surface area contributed by atoms with Crippen molar-refractivity contribution in [3.05, 3.63) is 66.1 Å². The zero-order valence-electron chi connectivity index (χ0n) is 19.9. The molecule has 0 bridgehead atoms. The normalized spacial score (nSPS) is 19.0. The van der Waals surface area contributed by atoms with E-state index in [0.29, 0.717) is 37.2 Å². The van der Waals surface area contributed by atoms with Crippen molar-refractivity contribution in [3.8, 4) is 17.6 Å². The van der Waals surface area contributed by atoms with Crippen molar-refractivity contribution in [2.24, 2.45) is 11.8 Å². The van der Waals surface area contributed by atoms with Gasteiger partial charge in [-0.3, -0.25) is 19.7 Å². The first-order valence-corrected chi connectivity index (χ1v) is 11.9. The topological polar surface area (TPSA) is 75.5 Å². The lowest BCUT2D eigenvalue weighted by molar-refractivity contribution is -0.139. The van der Waals surface area contributed by atoms with E-state index >= 15 is 4.39 Å². The third-order valence-electron chi connectivity index (χ3n) is 6.74. The Labute approximate surface area is 205 Å². The van der Waals surface area contributed by atoms with Crippen molar-refractivity contribution < 1.29 is 19.0 Å². The van der Waals surface area contributed by atoms with Gasteiger partial charge in [0.25, 0.3) is 0 Å². The average molecular weight is 476 g/mol. The maximum absolute atomic E-state index is 15.4. The number of rotatable bonds is 8. The highest BCUT2D eigenvalue weighted by Gasteiger charge is 2.31. The number of carbonyl (C=O) groups is 1. The van der Waals surface area contributed by atoms with E-state index in [2.05, 4.69) is 26.7 Å². The Morgan fingerprint density at radius 1 is 1.23 bits per heavy atom. The minimum absolute atomic E-state index is 0.0227. The molecule has 1 aliphatic heterocycles. The number of halogens is 1. The molecule has 1 aromatic carbocycles. The highest BCUT2D eigenvalue weighted by Crippen LogP contribution is 2.36. The van der Waals surface area contributed by atoms with E-state index < -0.39 is 12.1 Å². The molecule has 35 heavy (non-hydrogen) atoms. The van der Waals surface area contributed by atoms with Crippen LogP contribution >= 0.6 is 0 Å². The lowest BCUT2D eigenvalue weighted by Crippen LogP contribution is -2.41. The second-order valence-corrected chi connectivity index (χ2v) is 9.01. The minimum atomic E-state index is -1.15. The van der Waals surface area contributed by atoms with Gasteiger partial charge < -0.3 is 9.84 Å². The summed E-state index contributed by atoms with van der Waals surface area (Å²) in [5.74, 6) is 6.31. The Kier molecular flexibility index (Phi) is 8.27. The molecular weight excluding hydrogens is 445 g/mol. The molecule has 0 amide bonds. The Morgan fingerprint density at radius 2 is 2.06 bits per heavy atom. The highest BCUT2D eigenvalue weighted by molar-refractivity contribution is 5.83. The van der Waals surface area contributed by atoms with Gasteiger partial charge in [-0.05, 0) is 79.6 Å². The molecule has 1 saturated heterocycles. The zero-order valence-corrected chi connectivity index (χ0v) is 19.9. The first kappa shape index (κ1) is 24.6. The van der Waals surface area contributed by atoms with Crippen LogP contribution in [0.25, 0.3) is 10.9 Å². The molecular formula is C28H30FN3O3. The fourth-order valence-electron chi connectivity index (χ4n) is 4.89. The molecule has 2 aromatic heterocycles. The molecule has 3 aromatic rings. The number of methoxy groups -OCH3 is 1. The molecule has 1 aliphatic rings. The summed E-state index contributed by atoms with van der Waals surface area (Å²) in [6, 6.07) is 10.9. The number of piperidine rings is 1. The van der Waals surface area contributed by atoms with Gasteiger partial charge in [0.15, 0.2) is 0 Å². The summed E-state index contributed by atoms with van der Waals surface area (Å²) in [5, 5.41) is 10.2. The summed E-state index contributed by atoms with van der Waals surface area (Å²) in [6.07, 6.45) is 5.82. The van der Waals surface area contributed by atoms with Crippen molar-refractivity contribution in [2.75, 3.05) is 26.7 Å². The number of carboxylic acid groups (broad SMARTS) is 1. The van der Waals surface area contributed by atoms with Crippen LogP contribution in [0.4, 0.5) is 4.39 Å². The Hall–Kier alpha value is -3.50. The number of benzene rings is 1. The lowest BCUT2D eigenvalue weighted by atomic mass is 9.79. The van der Waals surface area contributed by atoms with Gasteiger partial charge in [0.2, 0.25) is 0 Å². The number of carboxylic acids is 1. The Morgan fingerprint density at radius 3 is 2.83 bits per heavy atom. The number of pyridine rings is 2. The zero-order chi connectivity index (χ0) is 24.6. The van der Waals surface area contributed by atoms with Gasteiger partial charge in [0.1, 0.15) is 11.9 Å². The number of alkyl halides is 1. The van der Waals surface area contributed by atoms with E-state index in [1.165, 1.54) is 0 Å². The van der Waals surface area contributed by atoms with Crippen molar-refractivity contribution >= 4 is 16.9 Å². The van der Waals surface area contributed by atoms with E-state index in [1.807, 2.05) is 30.3 Å². The van der Waals surface area contributed by atoms with Gasteiger partial charge in [-0.25, -0.2) is 4.39 Å². The minimum Gasteiger partial charge on any atom is -0.497 e. The lowest BCUT2D eigenvalue weighted by Gasteiger charge is -2.37. The molecule has 1 fully saturated rings.